The van der Waals surface area contributed by atoms with Gasteiger partial charge in [0.2, 0.25) is 0 Å². The lowest BCUT2D eigenvalue weighted by Gasteiger charge is -2.11. The number of amides is 1. The number of thiophene rings is 1. The average molecular weight is 353 g/mol. The van der Waals surface area contributed by atoms with E-state index in [1.165, 1.54) is 0 Å². The minimum absolute atomic E-state index is 0.123. The first-order chi connectivity index (χ1) is 12.2. The van der Waals surface area contributed by atoms with Crippen molar-refractivity contribution >= 4 is 17.2 Å². The molecule has 0 fully saturated rings. The van der Waals surface area contributed by atoms with Crippen molar-refractivity contribution in [2.45, 2.75) is 6.54 Å². The highest BCUT2D eigenvalue weighted by Gasteiger charge is 2.09. The Hall–Kier alpha value is -2.79. The Bertz CT molecular complexity index is 842. The van der Waals surface area contributed by atoms with Crippen molar-refractivity contribution in [2.75, 3.05) is 14.2 Å². The lowest BCUT2D eigenvalue weighted by Crippen LogP contribution is -2.23. The van der Waals surface area contributed by atoms with E-state index < -0.39 is 0 Å². The van der Waals surface area contributed by atoms with Gasteiger partial charge in [0.25, 0.3) is 5.91 Å². The molecule has 25 heavy (non-hydrogen) atoms. The number of nitrogens with one attached hydrogen (secondary N) is 1. The summed E-state index contributed by atoms with van der Waals surface area (Å²) in [6.45, 7) is 0.367. The quantitative estimate of drug-likeness (QED) is 0.716. The molecule has 0 atom stereocenters. The first-order valence-corrected chi connectivity index (χ1v) is 8.77. The lowest BCUT2D eigenvalue weighted by atomic mass is 10.1. The number of ether oxygens (including phenoxy) is 2. The van der Waals surface area contributed by atoms with E-state index in [2.05, 4.69) is 16.8 Å². The van der Waals surface area contributed by atoms with Gasteiger partial charge in [0, 0.05) is 17.7 Å². The second-order valence-corrected chi connectivity index (χ2v) is 6.23. The summed E-state index contributed by atoms with van der Waals surface area (Å²) >= 11 is 1.66. The molecule has 0 saturated heterocycles. The van der Waals surface area contributed by atoms with Crippen LogP contribution in [0.5, 0.6) is 11.5 Å². The van der Waals surface area contributed by atoms with Gasteiger partial charge < -0.3 is 14.8 Å². The van der Waals surface area contributed by atoms with E-state index >= 15 is 0 Å². The first-order valence-electron chi connectivity index (χ1n) is 7.83. The van der Waals surface area contributed by atoms with Crippen LogP contribution >= 0.6 is 11.3 Å². The van der Waals surface area contributed by atoms with Gasteiger partial charge in [-0.15, -0.1) is 0 Å². The number of methoxy groups -OCH3 is 2. The molecular weight excluding hydrogens is 334 g/mol. The van der Waals surface area contributed by atoms with Crippen LogP contribution in [-0.4, -0.2) is 20.1 Å². The van der Waals surface area contributed by atoms with Gasteiger partial charge in [0.15, 0.2) is 0 Å². The maximum Gasteiger partial charge on any atom is 0.251 e. The SMILES string of the molecule is COc1ccc(OC)c(CNC(=O)c2ccc(-c3ccsc3)cc2)c1. The summed E-state index contributed by atoms with van der Waals surface area (Å²) in [6.07, 6.45) is 0. The van der Waals surface area contributed by atoms with E-state index in [1.54, 1.807) is 25.6 Å². The fourth-order valence-corrected chi connectivity index (χ4v) is 3.21. The summed E-state index contributed by atoms with van der Waals surface area (Å²) in [7, 11) is 3.22. The fourth-order valence-electron chi connectivity index (χ4n) is 2.54. The van der Waals surface area contributed by atoms with E-state index in [0.29, 0.717) is 17.9 Å². The summed E-state index contributed by atoms with van der Waals surface area (Å²) in [5.74, 6) is 1.32. The number of carbonyl (C=O) groups excluding carboxylic acids is 1. The highest BCUT2D eigenvalue weighted by molar-refractivity contribution is 7.08. The molecule has 4 nitrogen and oxygen atoms in total. The van der Waals surface area contributed by atoms with Crippen molar-refractivity contribution in [2.24, 2.45) is 0 Å². The normalized spacial score (nSPS) is 10.3. The Kier molecular flexibility index (Phi) is 5.36. The maximum atomic E-state index is 12.4. The topological polar surface area (TPSA) is 47.6 Å². The molecule has 3 rings (SSSR count). The molecule has 1 aromatic heterocycles. The Balaban J connectivity index is 1.68. The lowest BCUT2D eigenvalue weighted by molar-refractivity contribution is 0.0950. The minimum atomic E-state index is -0.123. The molecule has 0 aliphatic rings. The summed E-state index contributed by atoms with van der Waals surface area (Å²) in [6, 6.07) is 15.2. The number of benzene rings is 2. The van der Waals surface area contributed by atoms with Crippen LogP contribution < -0.4 is 14.8 Å². The number of rotatable bonds is 6. The van der Waals surface area contributed by atoms with Crippen LogP contribution in [0.4, 0.5) is 0 Å². The highest BCUT2D eigenvalue weighted by atomic mass is 32.1. The van der Waals surface area contributed by atoms with Gasteiger partial charge in [0.1, 0.15) is 11.5 Å². The van der Waals surface area contributed by atoms with Crippen molar-refractivity contribution in [1.82, 2.24) is 5.32 Å². The highest BCUT2D eigenvalue weighted by Crippen LogP contribution is 2.24. The standard InChI is InChI=1S/C20H19NO3S/c1-23-18-7-8-19(24-2)17(11-18)12-21-20(22)15-5-3-14(4-6-15)16-9-10-25-13-16/h3-11,13H,12H2,1-2H3,(H,21,22). The molecule has 2 aromatic carbocycles. The van der Waals surface area contributed by atoms with Crippen LogP contribution in [-0.2, 0) is 6.54 Å². The summed E-state index contributed by atoms with van der Waals surface area (Å²) in [5.41, 5.74) is 3.76. The molecule has 128 valence electrons. The van der Waals surface area contributed by atoms with Gasteiger partial charge in [-0.2, -0.15) is 11.3 Å². The Morgan fingerprint density at radius 3 is 2.44 bits per heavy atom. The monoisotopic (exact) mass is 353 g/mol. The molecule has 0 aliphatic carbocycles. The zero-order valence-electron chi connectivity index (χ0n) is 14.1. The largest absolute Gasteiger partial charge is 0.497 e. The van der Waals surface area contributed by atoms with Gasteiger partial charge in [-0.05, 0) is 58.3 Å². The van der Waals surface area contributed by atoms with E-state index in [9.17, 15) is 4.79 Å². The van der Waals surface area contributed by atoms with Crippen LogP contribution in [0.2, 0.25) is 0 Å². The van der Waals surface area contributed by atoms with Gasteiger partial charge >= 0.3 is 0 Å². The third kappa shape index (κ3) is 4.00. The molecule has 1 amide bonds. The summed E-state index contributed by atoms with van der Waals surface area (Å²) in [4.78, 5) is 12.4. The van der Waals surface area contributed by atoms with Crippen molar-refractivity contribution in [3.8, 4) is 22.6 Å². The predicted octanol–water partition coefficient (Wildman–Crippen LogP) is 4.36. The molecular formula is C20H19NO3S. The minimum Gasteiger partial charge on any atom is -0.497 e. The third-order valence-electron chi connectivity index (χ3n) is 3.93. The molecule has 0 saturated carbocycles. The van der Waals surface area contributed by atoms with Crippen LogP contribution in [0.15, 0.2) is 59.3 Å². The predicted molar refractivity (Wildman–Crippen MR) is 100 cm³/mol. The second-order valence-electron chi connectivity index (χ2n) is 5.45. The molecule has 0 spiro atoms. The Morgan fingerprint density at radius 1 is 1.00 bits per heavy atom. The van der Waals surface area contributed by atoms with Crippen molar-refractivity contribution in [3.63, 3.8) is 0 Å². The second kappa shape index (κ2) is 7.85. The van der Waals surface area contributed by atoms with Crippen LogP contribution in [0.25, 0.3) is 11.1 Å². The van der Waals surface area contributed by atoms with E-state index in [0.717, 1.165) is 22.4 Å². The maximum absolute atomic E-state index is 12.4. The Morgan fingerprint density at radius 2 is 1.80 bits per heavy atom. The van der Waals surface area contributed by atoms with Crippen molar-refractivity contribution < 1.29 is 14.3 Å². The number of hydrogen-bond acceptors (Lipinski definition) is 4. The number of hydrogen-bond donors (Lipinski definition) is 1. The van der Waals surface area contributed by atoms with Crippen LogP contribution in [0, 0.1) is 0 Å². The van der Waals surface area contributed by atoms with Crippen molar-refractivity contribution in [3.05, 3.63) is 70.4 Å². The van der Waals surface area contributed by atoms with E-state index in [-0.39, 0.29) is 5.91 Å². The zero-order valence-corrected chi connectivity index (χ0v) is 14.9. The summed E-state index contributed by atoms with van der Waals surface area (Å²) < 4.78 is 10.6. The fraction of sp³-hybridized carbons (Fsp3) is 0.150. The van der Waals surface area contributed by atoms with Gasteiger partial charge in [0.05, 0.1) is 14.2 Å². The van der Waals surface area contributed by atoms with Gasteiger partial charge in [-0.1, -0.05) is 12.1 Å². The average Bonchev–Trinajstić information content (AvgIpc) is 3.20. The zero-order chi connectivity index (χ0) is 17.6. The first kappa shape index (κ1) is 17.0. The van der Waals surface area contributed by atoms with E-state index in [4.69, 9.17) is 9.47 Å². The molecule has 0 aliphatic heterocycles. The van der Waals surface area contributed by atoms with Crippen LogP contribution in [0.1, 0.15) is 15.9 Å². The molecule has 1 N–H and O–H groups in total. The van der Waals surface area contributed by atoms with Crippen LogP contribution in [0.3, 0.4) is 0 Å². The molecule has 0 bridgehead atoms. The molecule has 5 heteroatoms. The Labute approximate surface area is 151 Å². The molecule has 1 heterocycles. The van der Waals surface area contributed by atoms with E-state index in [1.807, 2.05) is 47.8 Å². The molecule has 3 aromatic rings. The smallest absolute Gasteiger partial charge is 0.251 e. The van der Waals surface area contributed by atoms with Gasteiger partial charge in [-0.3, -0.25) is 4.79 Å². The van der Waals surface area contributed by atoms with Gasteiger partial charge in [-0.25, -0.2) is 0 Å². The number of carbonyl (C=O) groups is 1. The molecule has 0 radical (unpaired) electrons. The molecule has 0 unspecified atom stereocenters. The van der Waals surface area contributed by atoms with Crippen molar-refractivity contribution in [1.29, 1.82) is 0 Å². The summed E-state index contributed by atoms with van der Waals surface area (Å²) in [5, 5.41) is 7.05. The third-order valence-corrected chi connectivity index (χ3v) is 4.61.